The summed E-state index contributed by atoms with van der Waals surface area (Å²) in [6.07, 6.45) is 0. The average molecular weight is 429 g/mol. The second-order valence-electron chi connectivity index (χ2n) is 6.47. The zero-order valence-electron chi connectivity index (χ0n) is 16.5. The highest BCUT2D eigenvalue weighted by atomic mass is 32.2. The van der Waals surface area contributed by atoms with Crippen LogP contribution in [0.25, 0.3) is 0 Å². The molecule has 1 amide bonds. The van der Waals surface area contributed by atoms with Crippen LogP contribution in [0.5, 0.6) is 11.5 Å². The molecule has 1 aromatic heterocycles. The van der Waals surface area contributed by atoms with E-state index in [1.165, 1.54) is 31.0 Å². The van der Waals surface area contributed by atoms with Crippen LogP contribution in [0.1, 0.15) is 0 Å². The van der Waals surface area contributed by atoms with Gasteiger partial charge in [-0.1, -0.05) is 11.8 Å². The molecule has 0 fully saturated rings. The van der Waals surface area contributed by atoms with E-state index >= 15 is 0 Å². The van der Waals surface area contributed by atoms with Crippen molar-refractivity contribution in [2.45, 2.75) is 11.7 Å². The van der Waals surface area contributed by atoms with Crippen molar-refractivity contribution in [3.8, 4) is 11.5 Å². The number of thioether (sulfide) groups is 1. The monoisotopic (exact) mass is 429 g/mol. The molecule has 3 aromatic rings. The van der Waals surface area contributed by atoms with Gasteiger partial charge in [0.05, 0.1) is 25.7 Å². The predicted octanol–water partition coefficient (Wildman–Crippen LogP) is 3.32. The largest absolute Gasteiger partial charge is 0.497 e. The number of halogens is 1. The summed E-state index contributed by atoms with van der Waals surface area (Å²) in [6.45, 7) is 1.40. The summed E-state index contributed by atoms with van der Waals surface area (Å²) in [5.74, 6) is 1.55. The van der Waals surface area contributed by atoms with Crippen molar-refractivity contribution < 1.29 is 18.7 Å². The van der Waals surface area contributed by atoms with Crippen LogP contribution in [0.15, 0.2) is 47.6 Å². The first-order valence-electron chi connectivity index (χ1n) is 9.20. The number of anilines is 3. The zero-order valence-corrected chi connectivity index (χ0v) is 17.3. The second kappa shape index (κ2) is 8.62. The smallest absolute Gasteiger partial charge is 0.234 e. The number of aromatic nitrogens is 3. The minimum atomic E-state index is -0.282. The Morgan fingerprint density at radius 2 is 1.93 bits per heavy atom. The van der Waals surface area contributed by atoms with Crippen LogP contribution in [0, 0.1) is 5.82 Å². The van der Waals surface area contributed by atoms with Crippen LogP contribution in [-0.4, -0.2) is 47.2 Å². The van der Waals surface area contributed by atoms with Crippen LogP contribution in [0.3, 0.4) is 0 Å². The highest BCUT2D eigenvalue weighted by Gasteiger charge is 2.26. The maximum Gasteiger partial charge on any atom is 0.234 e. The van der Waals surface area contributed by atoms with Gasteiger partial charge in [-0.05, 0) is 36.4 Å². The summed E-state index contributed by atoms with van der Waals surface area (Å²) in [7, 11) is 3.10. The van der Waals surface area contributed by atoms with Gasteiger partial charge in [-0.15, -0.1) is 10.2 Å². The number of carbonyl (C=O) groups excluding carboxylic acids is 1. The number of ether oxygens (including phenoxy) is 2. The van der Waals surface area contributed by atoms with Crippen LogP contribution in [-0.2, 0) is 11.3 Å². The summed E-state index contributed by atoms with van der Waals surface area (Å²) in [5, 5.41) is 11.9. The van der Waals surface area contributed by atoms with E-state index in [1.54, 1.807) is 37.4 Å². The van der Waals surface area contributed by atoms with E-state index in [2.05, 4.69) is 15.5 Å². The van der Waals surface area contributed by atoms with Crippen LogP contribution < -0.4 is 19.7 Å². The van der Waals surface area contributed by atoms with E-state index in [0.29, 0.717) is 41.4 Å². The van der Waals surface area contributed by atoms with E-state index in [9.17, 15) is 9.18 Å². The number of amides is 1. The second-order valence-corrected chi connectivity index (χ2v) is 7.41. The first kappa shape index (κ1) is 20.0. The number of nitrogens with one attached hydrogen (secondary N) is 1. The molecule has 2 aromatic carbocycles. The fourth-order valence-electron chi connectivity index (χ4n) is 3.17. The Bertz CT molecular complexity index is 1060. The van der Waals surface area contributed by atoms with Gasteiger partial charge in [0.15, 0.2) is 5.16 Å². The zero-order chi connectivity index (χ0) is 21.1. The molecule has 0 bridgehead atoms. The van der Waals surface area contributed by atoms with Gasteiger partial charge in [0.2, 0.25) is 11.9 Å². The minimum Gasteiger partial charge on any atom is -0.497 e. The number of benzene rings is 2. The number of hydrogen-bond donors (Lipinski definition) is 1. The molecule has 1 aliphatic rings. The molecule has 4 rings (SSSR count). The third-order valence-electron chi connectivity index (χ3n) is 4.64. The first-order valence-corrected chi connectivity index (χ1v) is 10.2. The number of fused-ring (bicyclic) bond motifs is 1. The lowest BCUT2D eigenvalue weighted by Gasteiger charge is -2.14. The van der Waals surface area contributed by atoms with Gasteiger partial charge in [-0.25, -0.2) is 4.39 Å². The van der Waals surface area contributed by atoms with Crippen molar-refractivity contribution in [3.05, 3.63) is 48.3 Å². The summed E-state index contributed by atoms with van der Waals surface area (Å²) in [6, 6.07) is 11.4. The van der Waals surface area contributed by atoms with Gasteiger partial charge in [0.1, 0.15) is 17.3 Å². The Balaban J connectivity index is 1.40. The third kappa shape index (κ3) is 4.04. The topological polar surface area (TPSA) is 81.5 Å². The Morgan fingerprint density at radius 1 is 1.13 bits per heavy atom. The summed E-state index contributed by atoms with van der Waals surface area (Å²) in [5.41, 5.74) is 1.42. The lowest BCUT2D eigenvalue weighted by atomic mass is 10.2. The van der Waals surface area contributed by atoms with E-state index in [-0.39, 0.29) is 17.5 Å². The minimum absolute atomic E-state index is 0.171. The van der Waals surface area contributed by atoms with Crippen molar-refractivity contribution in [1.82, 2.24) is 14.8 Å². The molecular weight excluding hydrogens is 409 g/mol. The van der Waals surface area contributed by atoms with Gasteiger partial charge in [-0.3, -0.25) is 9.36 Å². The number of methoxy groups -OCH3 is 2. The standard InChI is InChI=1S/C20H20FN5O3S/c1-28-15-7-8-16(17(11-15)29-2)22-18(27)12-30-20-24-23-19-25(9-10-26(19)20)14-5-3-13(21)4-6-14/h3-8,11H,9-10,12H2,1-2H3,(H,22,27). The van der Waals surface area contributed by atoms with E-state index in [0.717, 1.165) is 5.69 Å². The summed E-state index contributed by atoms with van der Waals surface area (Å²) >= 11 is 1.31. The molecular formula is C20H20FN5O3S. The highest BCUT2D eigenvalue weighted by molar-refractivity contribution is 7.99. The molecule has 30 heavy (non-hydrogen) atoms. The molecule has 0 unspecified atom stereocenters. The maximum absolute atomic E-state index is 13.2. The number of rotatable bonds is 7. The number of carbonyl (C=O) groups is 1. The lowest BCUT2D eigenvalue weighted by Crippen LogP contribution is -2.15. The average Bonchev–Trinajstić information content (AvgIpc) is 3.35. The third-order valence-corrected chi connectivity index (χ3v) is 5.61. The molecule has 0 saturated heterocycles. The molecule has 2 heterocycles. The van der Waals surface area contributed by atoms with E-state index < -0.39 is 0 Å². The molecule has 1 N–H and O–H groups in total. The van der Waals surface area contributed by atoms with Gasteiger partial charge in [0, 0.05) is 24.8 Å². The van der Waals surface area contributed by atoms with Crippen molar-refractivity contribution >= 4 is 35.0 Å². The van der Waals surface area contributed by atoms with Gasteiger partial charge < -0.3 is 19.7 Å². The van der Waals surface area contributed by atoms with Crippen molar-refractivity contribution in [3.63, 3.8) is 0 Å². The predicted molar refractivity (Wildman–Crippen MR) is 112 cm³/mol. The first-order chi connectivity index (χ1) is 14.6. The molecule has 0 atom stereocenters. The normalized spacial score (nSPS) is 12.6. The molecule has 10 heteroatoms. The quantitative estimate of drug-likeness (QED) is 0.577. The van der Waals surface area contributed by atoms with Crippen molar-refractivity contribution in [1.29, 1.82) is 0 Å². The lowest BCUT2D eigenvalue weighted by molar-refractivity contribution is -0.113. The Labute approximate surface area is 177 Å². The summed E-state index contributed by atoms with van der Waals surface area (Å²) < 4.78 is 25.6. The maximum atomic E-state index is 13.2. The van der Waals surface area contributed by atoms with Gasteiger partial charge in [-0.2, -0.15) is 0 Å². The van der Waals surface area contributed by atoms with E-state index in [1.807, 2.05) is 9.47 Å². The molecule has 0 aliphatic carbocycles. The van der Waals surface area contributed by atoms with Gasteiger partial charge in [0.25, 0.3) is 0 Å². The Kier molecular flexibility index (Phi) is 5.75. The Hall–Kier alpha value is -3.27. The SMILES string of the molecule is COc1ccc(NC(=O)CSc2nnc3n2CCN3c2ccc(F)cc2)c(OC)c1. The molecule has 156 valence electrons. The fraction of sp³-hybridized carbons (Fsp3) is 0.250. The molecule has 1 aliphatic heterocycles. The number of nitrogens with zero attached hydrogens (tertiary/aromatic N) is 4. The molecule has 0 spiro atoms. The molecule has 0 saturated carbocycles. The van der Waals surface area contributed by atoms with Crippen LogP contribution >= 0.6 is 11.8 Å². The van der Waals surface area contributed by atoms with Crippen molar-refractivity contribution in [2.75, 3.05) is 36.7 Å². The number of hydrogen-bond acceptors (Lipinski definition) is 7. The molecule has 8 nitrogen and oxygen atoms in total. The van der Waals surface area contributed by atoms with Crippen LogP contribution in [0.4, 0.5) is 21.7 Å². The molecule has 0 radical (unpaired) electrons. The van der Waals surface area contributed by atoms with Gasteiger partial charge >= 0.3 is 0 Å². The van der Waals surface area contributed by atoms with E-state index in [4.69, 9.17) is 9.47 Å². The highest BCUT2D eigenvalue weighted by Crippen LogP contribution is 2.33. The van der Waals surface area contributed by atoms with Crippen LogP contribution in [0.2, 0.25) is 0 Å². The fourth-order valence-corrected chi connectivity index (χ4v) is 3.93. The summed E-state index contributed by atoms with van der Waals surface area (Å²) in [4.78, 5) is 14.4. The Morgan fingerprint density at radius 3 is 2.67 bits per heavy atom. The van der Waals surface area contributed by atoms with Crippen molar-refractivity contribution in [2.24, 2.45) is 0 Å².